The summed E-state index contributed by atoms with van der Waals surface area (Å²) in [4.78, 5) is 42.3. The van der Waals surface area contributed by atoms with Gasteiger partial charge in [0.25, 0.3) is 0 Å². The lowest BCUT2D eigenvalue weighted by molar-refractivity contribution is 0.0524. The van der Waals surface area contributed by atoms with Crippen LogP contribution < -0.4 is 25.6 Å². The van der Waals surface area contributed by atoms with Crippen LogP contribution in [0.15, 0.2) is 35.3 Å². The van der Waals surface area contributed by atoms with Crippen LogP contribution in [0.5, 0.6) is 17.2 Å². The Morgan fingerprint density at radius 2 is 1.74 bits per heavy atom. The second-order valence-electron chi connectivity index (χ2n) is 9.28. The Bertz CT molecular complexity index is 1990. The predicted octanol–water partition coefficient (Wildman–Crippen LogP) is 5.14. The number of imidazole rings is 1. The van der Waals surface area contributed by atoms with Crippen molar-refractivity contribution in [3.63, 3.8) is 0 Å². The highest BCUT2D eigenvalue weighted by Crippen LogP contribution is 2.37. The van der Waals surface area contributed by atoms with Crippen molar-refractivity contribution in [1.29, 1.82) is 0 Å². The molecule has 242 valence electrons. The third kappa shape index (κ3) is 7.10. The van der Waals surface area contributed by atoms with Crippen LogP contribution in [0.25, 0.3) is 16.9 Å². The molecule has 46 heavy (non-hydrogen) atoms. The van der Waals surface area contributed by atoms with Gasteiger partial charge in [-0.25, -0.2) is 37.9 Å². The Kier molecular flexibility index (Phi) is 10.6. The zero-order chi connectivity index (χ0) is 33.7. The molecule has 5 aromatic rings. The second kappa shape index (κ2) is 14.4. The van der Waals surface area contributed by atoms with Crippen molar-refractivity contribution in [1.82, 2.24) is 29.5 Å². The summed E-state index contributed by atoms with van der Waals surface area (Å²) in [5.41, 5.74) is 7.24. The van der Waals surface area contributed by atoms with Gasteiger partial charge in [-0.3, -0.25) is 0 Å². The van der Waals surface area contributed by atoms with E-state index in [1.807, 2.05) is 0 Å². The number of carbonyl (C=O) groups excluding carboxylic acids is 1. The number of nitrogens with two attached hydrogens (primary N) is 1. The van der Waals surface area contributed by atoms with Crippen molar-refractivity contribution in [2.45, 2.75) is 27.4 Å². The first-order chi connectivity index (χ1) is 21.9. The molecule has 0 saturated carbocycles. The number of H-pyrrole nitrogens is 1. The molecular weight excluding hydrogens is 651 g/mol. The molecule has 0 unspecified atom stereocenters. The maximum absolute atomic E-state index is 14.3. The van der Waals surface area contributed by atoms with Gasteiger partial charge >= 0.3 is 11.7 Å². The number of halogens is 4. The third-order valence-electron chi connectivity index (χ3n) is 6.40. The first kappa shape index (κ1) is 33.9. The van der Waals surface area contributed by atoms with Crippen molar-refractivity contribution in [2.24, 2.45) is 0 Å². The molecule has 0 aliphatic heterocycles. The van der Waals surface area contributed by atoms with E-state index in [1.54, 1.807) is 20.8 Å². The quantitative estimate of drug-likeness (QED) is 0.165. The number of nitrogens with one attached hydrogen (secondary N) is 1. The highest BCUT2D eigenvalue weighted by Gasteiger charge is 2.21. The normalized spacial score (nSPS) is 10.7. The number of nitrogens with zero attached hydrogens (tertiary/aromatic N) is 5. The molecule has 5 rings (SSSR count). The fourth-order valence-corrected chi connectivity index (χ4v) is 4.65. The third-order valence-corrected chi connectivity index (χ3v) is 6.88. The van der Waals surface area contributed by atoms with Crippen LogP contribution in [0, 0.1) is 25.5 Å². The molecule has 0 bridgehead atoms. The highest BCUT2D eigenvalue weighted by atomic mass is 35.5. The van der Waals surface area contributed by atoms with Gasteiger partial charge < -0.3 is 29.7 Å². The molecule has 3 N–H and O–H groups in total. The smallest absolute Gasteiger partial charge is 0.341 e. The Labute approximate surface area is 270 Å². The zero-order valence-corrected chi connectivity index (χ0v) is 26.6. The number of ether oxygens (including phenoxy) is 4. The van der Waals surface area contributed by atoms with E-state index in [9.17, 15) is 18.4 Å². The number of hydrogen-bond acceptors (Lipinski definition) is 11. The van der Waals surface area contributed by atoms with E-state index in [-0.39, 0.29) is 57.0 Å². The van der Waals surface area contributed by atoms with E-state index in [0.717, 1.165) is 6.07 Å². The molecule has 13 nitrogen and oxygen atoms in total. The first-order valence-electron chi connectivity index (χ1n) is 13.3. The summed E-state index contributed by atoms with van der Waals surface area (Å²) in [6.45, 7) is 5.04. The summed E-state index contributed by atoms with van der Waals surface area (Å²) < 4.78 is 50.2. The Morgan fingerprint density at radius 3 is 2.39 bits per heavy atom. The molecule has 0 amide bonds. The summed E-state index contributed by atoms with van der Waals surface area (Å²) in [5, 5.41) is 0.275. The maximum Gasteiger partial charge on any atom is 0.341 e. The average Bonchev–Trinajstić information content (AvgIpc) is 3.34. The molecule has 0 atom stereocenters. The average molecular weight is 678 g/mol. The minimum atomic E-state index is -1.10. The van der Waals surface area contributed by atoms with Crippen molar-refractivity contribution in [2.75, 3.05) is 26.6 Å². The van der Waals surface area contributed by atoms with Crippen molar-refractivity contribution in [3.05, 3.63) is 85.4 Å². The number of aromatic nitrogens is 6. The number of hydrogen-bond donors (Lipinski definition) is 2. The highest BCUT2D eigenvalue weighted by molar-refractivity contribution is 6.32. The number of esters is 1. The Balaban J connectivity index is 0.000000310. The number of rotatable bonds is 8. The monoisotopic (exact) mass is 677 g/mol. The second-order valence-corrected chi connectivity index (χ2v) is 10.0. The van der Waals surface area contributed by atoms with Crippen LogP contribution in [0.4, 0.5) is 14.7 Å². The molecular formula is C29H27Cl2F2N7O6. The molecule has 3 aromatic heterocycles. The fraction of sp³-hybridized carbons (Fsp3) is 0.241. The van der Waals surface area contributed by atoms with E-state index < -0.39 is 23.3 Å². The lowest BCUT2D eigenvalue weighted by Crippen LogP contribution is -2.16. The van der Waals surface area contributed by atoms with Gasteiger partial charge in [0.2, 0.25) is 11.2 Å². The Morgan fingerprint density at radius 1 is 1.02 bits per heavy atom. The van der Waals surface area contributed by atoms with Gasteiger partial charge in [0.05, 0.1) is 54.1 Å². The minimum absolute atomic E-state index is 0.0254. The van der Waals surface area contributed by atoms with E-state index in [4.69, 9.17) is 47.9 Å². The number of aryl methyl sites for hydroxylation is 2. The standard InChI is InChI=1S/C21H18ClF2N5O4.C8H9ClN2O2/c1-9-18-19(28-20(25)26-9)29(21(30)27-18)13-7-16(15(32-3)6-11(13)22)33-8-10-14(31-2)5-4-12(23)17(10)24;1-3-13-7(12)6-4-10-8(9)11-5(6)2/h4-7H,8H2,1-3H3,(H,27,30)(H2,25,26,28);4H,3H2,1-2H3. The van der Waals surface area contributed by atoms with E-state index in [2.05, 4.69) is 24.9 Å². The molecule has 0 spiro atoms. The van der Waals surface area contributed by atoms with Crippen LogP contribution in [0.2, 0.25) is 10.3 Å². The summed E-state index contributed by atoms with van der Waals surface area (Å²) >= 11 is 11.9. The molecule has 17 heteroatoms. The van der Waals surface area contributed by atoms with Gasteiger partial charge in [0.1, 0.15) is 17.9 Å². The lowest BCUT2D eigenvalue weighted by Gasteiger charge is -2.16. The van der Waals surface area contributed by atoms with E-state index >= 15 is 0 Å². The van der Waals surface area contributed by atoms with Crippen molar-refractivity contribution < 1.29 is 32.5 Å². The molecule has 3 heterocycles. The summed E-state index contributed by atoms with van der Waals surface area (Å²) in [6, 6.07) is 5.10. The van der Waals surface area contributed by atoms with E-state index in [1.165, 1.54) is 43.2 Å². The van der Waals surface area contributed by atoms with Gasteiger partial charge in [-0.05, 0) is 44.5 Å². The molecule has 2 aromatic carbocycles. The topological polar surface area (TPSA) is 169 Å². The van der Waals surface area contributed by atoms with Crippen molar-refractivity contribution >= 4 is 46.3 Å². The fourth-order valence-electron chi connectivity index (χ4n) is 4.24. The lowest BCUT2D eigenvalue weighted by atomic mass is 10.2. The number of carbonyl (C=O) groups is 1. The zero-order valence-electron chi connectivity index (χ0n) is 25.1. The predicted molar refractivity (Wildman–Crippen MR) is 165 cm³/mol. The maximum atomic E-state index is 14.3. The number of methoxy groups -OCH3 is 2. The number of aromatic amines is 1. The minimum Gasteiger partial charge on any atom is -0.496 e. The molecule has 0 radical (unpaired) electrons. The van der Waals surface area contributed by atoms with Crippen LogP contribution in [0.1, 0.15) is 34.2 Å². The van der Waals surface area contributed by atoms with Crippen LogP contribution in [0.3, 0.4) is 0 Å². The molecule has 0 aliphatic carbocycles. The number of anilines is 1. The summed E-state index contributed by atoms with van der Waals surface area (Å²) in [7, 11) is 2.72. The van der Waals surface area contributed by atoms with Crippen LogP contribution in [-0.4, -0.2) is 56.3 Å². The van der Waals surface area contributed by atoms with Gasteiger partial charge in [0, 0.05) is 18.3 Å². The van der Waals surface area contributed by atoms with Gasteiger partial charge in [-0.1, -0.05) is 11.6 Å². The van der Waals surface area contributed by atoms with Crippen molar-refractivity contribution in [3.8, 4) is 22.9 Å². The van der Waals surface area contributed by atoms with Crippen LogP contribution in [-0.2, 0) is 11.3 Å². The van der Waals surface area contributed by atoms with Gasteiger partial charge in [-0.15, -0.1) is 0 Å². The molecule has 0 fully saturated rings. The first-order valence-corrected chi connectivity index (χ1v) is 14.1. The largest absolute Gasteiger partial charge is 0.496 e. The number of nitrogen functional groups attached to an aromatic ring is 1. The molecule has 0 saturated heterocycles. The van der Waals surface area contributed by atoms with Crippen LogP contribution >= 0.6 is 23.2 Å². The SMILES string of the molecule is CCOC(=O)c1cnc(Cl)nc1C.COc1cc(Cl)c(-n2c(=O)[nH]c3c(C)nc(N)nc32)cc1OCc1c(OC)ccc(F)c1F. The molecule has 0 aliphatic rings. The van der Waals surface area contributed by atoms with E-state index in [0.29, 0.717) is 29.1 Å². The number of fused-ring (bicyclic) bond motifs is 1. The number of benzene rings is 2. The Hall–Kier alpha value is -5.02. The summed E-state index contributed by atoms with van der Waals surface area (Å²) in [6.07, 6.45) is 1.36. The summed E-state index contributed by atoms with van der Waals surface area (Å²) in [5.74, 6) is -2.16. The van der Waals surface area contributed by atoms with Gasteiger partial charge in [0.15, 0.2) is 28.8 Å². The van der Waals surface area contributed by atoms with Gasteiger partial charge in [-0.2, -0.15) is 4.98 Å².